The lowest BCUT2D eigenvalue weighted by atomic mass is 10.2. The molecule has 7 nitrogen and oxygen atoms in total. The molecule has 0 saturated carbocycles. The number of nitrogens with zero attached hydrogens (tertiary/aromatic N) is 4. The molecule has 1 unspecified atom stereocenters. The second-order valence-corrected chi connectivity index (χ2v) is 6.18. The van der Waals surface area contributed by atoms with Crippen molar-refractivity contribution < 1.29 is 9.53 Å². The number of rotatable bonds is 2. The van der Waals surface area contributed by atoms with E-state index in [-0.39, 0.29) is 12.0 Å². The zero-order valence-electron chi connectivity index (χ0n) is 13.7. The van der Waals surface area contributed by atoms with Gasteiger partial charge in [0.15, 0.2) is 5.82 Å². The highest BCUT2D eigenvalue weighted by molar-refractivity contribution is 5.98. The van der Waals surface area contributed by atoms with Crippen LogP contribution in [0.1, 0.15) is 28.0 Å². The molecule has 0 aliphatic carbocycles. The smallest absolute Gasteiger partial charge is 0.270 e. The Labute approximate surface area is 139 Å². The molecule has 2 aromatic heterocycles. The lowest BCUT2D eigenvalue weighted by Gasteiger charge is -2.32. The molecule has 0 spiro atoms. The number of carbonyl (C=O) groups is 1. The van der Waals surface area contributed by atoms with Gasteiger partial charge in [0, 0.05) is 24.5 Å². The third-order valence-electron chi connectivity index (χ3n) is 4.40. The summed E-state index contributed by atoms with van der Waals surface area (Å²) in [5, 5.41) is 9.02. The van der Waals surface area contributed by atoms with Crippen molar-refractivity contribution in [1.82, 2.24) is 24.6 Å². The van der Waals surface area contributed by atoms with E-state index in [1.54, 1.807) is 11.2 Å². The number of nitrogens with one attached hydrogen (secondary N) is 1. The fourth-order valence-corrected chi connectivity index (χ4v) is 3.10. The molecule has 1 atom stereocenters. The van der Waals surface area contributed by atoms with E-state index in [0.29, 0.717) is 25.4 Å². The van der Waals surface area contributed by atoms with Crippen molar-refractivity contribution in [2.45, 2.75) is 13.0 Å². The number of H-pyrrole nitrogens is 1. The fraction of sp³-hybridized carbons (Fsp3) is 0.353. The number of carbonyl (C=O) groups excluding carboxylic acids is 1. The van der Waals surface area contributed by atoms with E-state index in [4.69, 9.17) is 4.74 Å². The zero-order chi connectivity index (χ0) is 16.7. The van der Waals surface area contributed by atoms with Crippen molar-refractivity contribution >= 4 is 16.8 Å². The Bertz CT molecular complexity index is 897. The molecule has 1 aliphatic rings. The van der Waals surface area contributed by atoms with E-state index < -0.39 is 0 Å². The van der Waals surface area contributed by atoms with E-state index in [1.807, 2.05) is 42.8 Å². The average molecular weight is 325 g/mol. The van der Waals surface area contributed by atoms with Crippen molar-refractivity contribution in [3.8, 4) is 0 Å². The highest BCUT2D eigenvalue weighted by atomic mass is 16.5. The molecular weight excluding hydrogens is 306 g/mol. The second kappa shape index (κ2) is 5.76. The average Bonchev–Trinajstić information content (AvgIpc) is 3.20. The molecule has 1 amide bonds. The highest BCUT2D eigenvalue weighted by Gasteiger charge is 2.29. The van der Waals surface area contributed by atoms with Gasteiger partial charge in [0.25, 0.3) is 5.91 Å². The summed E-state index contributed by atoms with van der Waals surface area (Å²) in [5.74, 6) is 0.721. The number of aromatic nitrogens is 4. The van der Waals surface area contributed by atoms with Crippen LogP contribution < -0.4 is 0 Å². The Balaban J connectivity index is 1.57. The number of hydrogen-bond donors (Lipinski definition) is 1. The maximum Gasteiger partial charge on any atom is 0.270 e. The van der Waals surface area contributed by atoms with Crippen molar-refractivity contribution in [1.29, 1.82) is 0 Å². The minimum Gasteiger partial charge on any atom is -0.366 e. The molecule has 3 aromatic rings. The van der Waals surface area contributed by atoms with Crippen LogP contribution >= 0.6 is 0 Å². The van der Waals surface area contributed by atoms with E-state index in [2.05, 4.69) is 15.2 Å². The van der Waals surface area contributed by atoms with Gasteiger partial charge in [-0.05, 0) is 24.6 Å². The van der Waals surface area contributed by atoms with Gasteiger partial charge >= 0.3 is 0 Å². The first-order chi connectivity index (χ1) is 11.6. The van der Waals surface area contributed by atoms with Crippen molar-refractivity contribution in [2.24, 2.45) is 7.05 Å². The summed E-state index contributed by atoms with van der Waals surface area (Å²) < 4.78 is 7.59. The summed E-state index contributed by atoms with van der Waals surface area (Å²) in [7, 11) is 1.87. The molecule has 4 rings (SSSR count). The normalized spacial score (nSPS) is 18.2. The number of fused-ring (bicyclic) bond motifs is 1. The largest absolute Gasteiger partial charge is 0.366 e. The molecule has 1 aromatic carbocycles. The van der Waals surface area contributed by atoms with Gasteiger partial charge in [-0.25, -0.2) is 0 Å². The Morgan fingerprint density at radius 1 is 1.38 bits per heavy atom. The van der Waals surface area contributed by atoms with Crippen molar-refractivity contribution in [3.05, 3.63) is 47.7 Å². The quantitative estimate of drug-likeness (QED) is 0.780. The van der Waals surface area contributed by atoms with Gasteiger partial charge in [0.1, 0.15) is 18.1 Å². The summed E-state index contributed by atoms with van der Waals surface area (Å²) in [4.78, 5) is 17.9. The molecule has 0 radical (unpaired) electrons. The Hall–Kier alpha value is -2.67. The van der Waals surface area contributed by atoms with Gasteiger partial charge < -0.3 is 19.2 Å². The van der Waals surface area contributed by atoms with Gasteiger partial charge in [0.2, 0.25) is 0 Å². The second-order valence-electron chi connectivity index (χ2n) is 6.18. The van der Waals surface area contributed by atoms with Gasteiger partial charge in [-0.3, -0.25) is 4.79 Å². The Morgan fingerprint density at radius 2 is 2.25 bits per heavy atom. The Morgan fingerprint density at radius 3 is 3.04 bits per heavy atom. The zero-order valence-corrected chi connectivity index (χ0v) is 13.7. The fourth-order valence-electron chi connectivity index (χ4n) is 3.10. The maximum atomic E-state index is 12.9. The number of aromatic amines is 1. The van der Waals surface area contributed by atoms with Crippen LogP contribution in [0.5, 0.6) is 0 Å². The van der Waals surface area contributed by atoms with Gasteiger partial charge in [0.05, 0.1) is 13.2 Å². The number of hydrogen-bond acceptors (Lipinski definition) is 4. The predicted octanol–water partition coefficient (Wildman–Crippen LogP) is 1.82. The van der Waals surface area contributed by atoms with Gasteiger partial charge in [-0.2, -0.15) is 0 Å². The maximum absolute atomic E-state index is 12.9. The molecule has 24 heavy (non-hydrogen) atoms. The molecule has 1 fully saturated rings. The lowest BCUT2D eigenvalue weighted by molar-refractivity contribution is -0.0282. The number of aryl methyl sites for hydroxylation is 2. The van der Waals surface area contributed by atoms with Crippen LogP contribution in [0.25, 0.3) is 10.9 Å². The monoisotopic (exact) mass is 325 g/mol. The van der Waals surface area contributed by atoms with Crippen LogP contribution in [-0.4, -0.2) is 50.3 Å². The van der Waals surface area contributed by atoms with Gasteiger partial charge in [-0.15, -0.1) is 10.2 Å². The number of amides is 1. The van der Waals surface area contributed by atoms with Crippen LogP contribution in [0.3, 0.4) is 0 Å². The third kappa shape index (κ3) is 2.56. The lowest BCUT2D eigenvalue weighted by Crippen LogP contribution is -2.43. The first-order valence-electron chi connectivity index (χ1n) is 7.96. The minimum absolute atomic E-state index is 0.0145. The molecule has 1 N–H and O–H groups in total. The van der Waals surface area contributed by atoms with Crippen molar-refractivity contribution in [2.75, 3.05) is 19.7 Å². The van der Waals surface area contributed by atoms with Crippen LogP contribution in [0.2, 0.25) is 0 Å². The Kier molecular flexibility index (Phi) is 3.57. The molecule has 3 heterocycles. The highest BCUT2D eigenvalue weighted by Crippen LogP contribution is 2.23. The topological polar surface area (TPSA) is 76.0 Å². The van der Waals surface area contributed by atoms with E-state index >= 15 is 0 Å². The standard InChI is InChI=1S/C17H19N5O2/c1-11-3-4-12-8-14(19-13(12)7-11)17(23)22-5-6-24-15(9-22)16-20-18-10-21(16)2/h3-4,7-8,10,15,19H,5-6,9H2,1-2H3. The summed E-state index contributed by atoms with van der Waals surface area (Å²) in [6.45, 7) is 3.57. The summed E-state index contributed by atoms with van der Waals surface area (Å²) >= 11 is 0. The first kappa shape index (κ1) is 14.9. The number of morpholine rings is 1. The van der Waals surface area contributed by atoms with Gasteiger partial charge in [-0.1, -0.05) is 12.1 Å². The summed E-state index contributed by atoms with van der Waals surface area (Å²) in [5.41, 5.74) is 2.75. The first-order valence-corrected chi connectivity index (χ1v) is 7.96. The molecule has 124 valence electrons. The molecule has 0 bridgehead atoms. The van der Waals surface area contributed by atoms with Crippen LogP contribution in [0.15, 0.2) is 30.6 Å². The van der Waals surface area contributed by atoms with Crippen LogP contribution in [0, 0.1) is 6.92 Å². The van der Waals surface area contributed by atoms with E-state index in [0.717, 1.165) is 22.3 Å². The van der Waals surface area contributed by atoms with Crippen molar-refractivity contribution in [3.63, 3.8) is 0 Å². The van der Waals surface area contributed by atoms with E-state index in [9.17, 15) is 4.79 Å². The SMILES string of the molecule is Cc1ccc2cc(C(=O)N3CCOC(c4nncn4C)C3)[nH]c2c1. The third-order valence-corrected chi connectivity index (χ3v) is 4.40. The summed E-state index contributed by atoms with van der Waals surface area (Å²) in [6, 6.07) is 8.03. The molecule has 7 heteroatoms. The summed E-state index contributed by atoms with van der Waals surface area (Å²) in [6.07, 6.45) is 1.39. The number of ether oxygens (including phenoxy) is 1. The molecule has 1 saturated heterocycles. The van der Waals surface area contributed by atoms with Crippen LogP contribution in [0.4, 0.5) is 0 Å². The van der Waals surface area contributed by atoms with Crippen LogP contribution in [-0.2, 0) is 11.8 Å². The molecule has 1 aliphatic heterocycles. The molecular formula is C17H19N5O2. The minimum atomic E-state index is -0.248. The number of benzene rings is 1. The van der Waals surface area contributed by atoms with E-state index in [1.165, 1.54) is 0 Å². The predicted molar refractivity (Wildman–Crippen MR) is 88.6 cm³/mol.